The number of rotatable bonds is 9. The third-order valence-corrected chi connectivity index (χ3v) is 3.53. The average molecular weight is 235 g/mol. The van der Waals surface area contributed by atoms with Gasteiger partial charge in [0.2, 0.25) is 0 Å². The van der Waals surface area contributed by atoms with E-state index in [-0.39, 0.29) is 5.60 Å². The average Bonchev–Trinajstić information content (AvgIpc) is 2.18. The molecule has 0 aromatic rings. The minimum Gasteiger partial charge on any atom is -0.423 e. The van der Waals surface area contributed by atoms with Crippen LogP contribution in [0, 0.1) is 0 Å². The molecule has 92 valence electrons. The molecule has 0 saturated carbocycles. The van der Waals surface area contributed by atoms with Crippen LogP contribution < -0.4 is 0 Å². The lowest BCUT2D eigenvalue weighted by Gasteiger charge is -2.26. The predicted molar refractivity (Wildman–Crippen MR) is 64.8 cm³/mol. The van der Waals surface area contributed by atoms with E-state index < -0.39 is 0 Å². The first kappa shape index (κ1) is 15.1. The summed E-state index contributed by atoms with van der Waals surface area (Å²) in [5.41, 5.74) is 0.0258. The van der Waals surface area contributed by atoms with E-state index >= 15 is 0 Å². The molecule has 0 radical (unpaired) electrons. The highest BCUT2D eigenvalue weighted by molar-refractivity contribution is 5.98. The fourth-order valence-electron chi connectivity index (χ4n) is 1.36. The zero-order chi connectivity index (χ0) is 11.7. The van der Waals surface area contributed by atoms with Crippen LogP contribution >= 0.6 is 0 Å². The maximum Gasteiger partial charge on any atom is 0.146 e. The Morgan fingerprint density at radius 2 is 1.67 bits per heavy atom. The zero-order valence-electron chi connectivity index (χ0n) is 10.7. The van der Waals surface area contributed by atoms with E-state index in [1.807, 2.05) is 0 Å². The number of nitrogens with zero attached hydrogens (tertiary/aromatic N) is 1. The number of methoxy groups -OCH3 is 2. The van der Waals surface area contributed by atoms with E-state index in [9.17, 15) is 0 Å². The highest BCUT2D eigenvalue weighted by Crippen LogP contribution is 2.15. The van der Waals surface area contributed by atoms with E-state index in [0.717, 1.165) is 29.9 Å². The van der Waals surface area contributed by atoms with Gasteiger partial charge >= 0.3 is 0 Å². The fourth-order valence-corrected chi connectivity index (χ4v) is 1.57. The Balaban J connectivity index is 3.69. The van der Waals surface area contributed by atoms with Gasteiger partial charge in [-0.1, -0.05) is 0 Å². The maximum absolute atomic E-state index is 5.50. The van der Waals surface area contributed by atoms with Gasteiger partial charge in [-0.2, -0.15) is 0 Å². The van der Waals surface area contributed by atoms with Gasteiger partial charge < -0.3 is 13.9 Å². The van der Waals surface area contributed by atoms with Gasteiger partial charge in [0, 0.05) is 26.4 Å². The summed E-state index contributed by atoms with van der Waals surface area (Å²) >= 11 is 0. The lowest BCUT2D eigenvalue weighted by molar-refractivity contribution is -0.0170. The maximum atomic E-state index is 5.50. The fraction of sp³-hybridized carbons (Fsp3) is 1.00. The van der Waals surface area contributed by atoms with Crippen LogP contribution in [0.1, 0.15) is 26.7 Å². The molecular weight excluding hydrogens is 210 g/mol. The van der Waals surface area contributed by atoms with Crippen molar-refractivity contribution < 1.29 is 13.9 Å². The highest BCUT2D eigenvalue weighted by atomic mass is 28.2. The first-order valence-corrected chi connectivity index (χ1v) is 6.12. The summed E-state index contributed by atoms with van der Waals surface area (Å²) in [5.74, 6) is 0. The van der Waals surface area contributed by atoms with Crippen LogP contribution in [0.15, 0.2) is 0 Å². The number of hydrogen-bond acceptors (Lipinski definition) is 4. The van der Waals surface area contributed by atoms with Crippen molar-refractivity contribution in [2.75, 3.05) is 34.2 Å². The summed E-state index contributed by atoms with van der Waals surface area (Å²) in [6.45, 7) is 6.50. The lowest BCUT2D eigenvalue weighted by Crippen LogP contribution is -2.31. The van der Waals surface area contributed by atoms with Gasteiger partial charge in [-0.25, -0.2) is 0 Å². The number of hydrogen-bond donors (Lipinski definition) is 0. The van der Waals surface area contributed by atoms with E-state index in [4.69, 9.17) is 13.9 Å². The second kappa shape index (κ2) is 8.24. The molecule has 5 heteroatoms. The van der Waals surface area contributed by atoms with Crippen molar-refractivity contribution in [3.05, 3.63) is 0 Å². The van der Waals surface area contributed by atoms with Crippen molar-refractivity contribution in [2.24, 2.45) is 0 Å². The van der Waals surface area contributed by atoms with Gasteiger partial charge in [-0.15, -0.1) is 0 Å². The van der Waals surface area contributed by atoms with Crippen LogP contribution in [0.3, 0.4) is 0 Å². The van der Waals surface area contributed by atoms with Crippen LogP contribution in [0.5, 0.6) is 0 Å². The summed E-state index contributed by atoms with van der Waals surface area (Å²) in [5, 5.41) is 0. The molecule has 0 fully saturated rings. The highest BCUT2D eigenvalue weighted by Gasteiger charge is 2.15. The second-order valence-electron chi connectivity index (χ2n) is 4.30. The van der Waals surface area contributed by atoms with Crippen molar-refractivity contribution in [2.45, 2.75) is 32.3 Å². The minimum absolute atomic E-state index is 0.0258. The van der Waals surface area contributed by atoms with Gasteiger partial charge in [-0.05, 0) is 26.7 Å². The number of ether oxygens (including phenoxy) is 2. The summed E-state index contributed by atoms with van der Waals surface area (Å²) in [6, 6.07) is 0. The van der Waals surface area contributed by atoms with Gasteiger partial charge in [0.1, 0.15) is 23.9 Å². The van der Waals surface area contributed by atoms with Crippen molar-refractivity contribution >= 4 is 10.5 Å². The van der Waals surface area contributed by atoms with Crippen LogP contribution in [0.2, 0.25) is 0 Å². The predicted octanol–water partition coefficient (Wildman–Crippen LogP) is 0.352. The molecule has 0 unspecified atom stereocenters. The van der Waals surface area contributed by atoms with E-state index in [1.165, 1.54) is 0 Å². The molecule has 15 heavy (non-hydrogen) atoms. The quantitative estimate of drug-likeness (QED) is 0.426. The largest absolute Gasteiger partial charge is 0.423 e. The molecule has 0 bridgehead atoms. The molecular formula is C10H25NO3Si. The zero-order valence-corrected chi connectivity index (χ0v) is 12.7. The Labute approximate surface area is 96.4 Å². The Bertz CT molecular complexity index is 150. The molecule has 0 N–H and O–H groups in total. The Kier molecular flexibility index (Phi) is 8.27. The summed E-state index contributed by atoms with van der Waals surface area (Å²) in [7, 11) is 4.20. The monoisotopic (exact) mass is 235 g/mol. The second-order valence-corrected chi connectivity index (χ2v) is 4.71. The SMILES string of the molecule is COCN(CCCC(C)(C)O[SiH3])COC. The normalized spacial score (nSPS) is 12.6. The summed E-state index contributed by atoms with van der Waals surface area (Å²) < 4.78 is 15.7. The van der Waals surface area contributed by atoms with Gasteiger partial charge in [0.25, 0.3) is 0 Å². The van der Waals surface area contributed by atoms with Crippen LogP contribution in [0.4, 0.5) is 0 Å². The van der Waals surface area contributed by atoms with Crippen LogP contribution in [-0.4, -0.2) is 55.2 Å². The third kappa shape index (κ3) is 7.93. The summed E-state index contributed by atoms with van der Waals surface area (Å²) in [4.78, 5) is 2.13. The molecule has 0 amide bonds. The van der Waals surface area contributed by atoms with Gasteiger partial charge in [-0.3, -0.25) is 4.90 Å². The molecule has 0 heterocycles. The van der Waals surface area contributed by atoms with Gasteiger partial charge in [0.15, 0.2) is 0 Å². The van der Waals surface area contributed by atoms with Crippen LogP contribution in [0.25, 0.3) is 0 Å². The van der Waals surface area contributed by atoms with Crippen LogP contribution in [-0.2, 0) is 13.9 Å². The first-order chi connectivity index (χ1) is 7.05. The minimum atomic E-state index is 0.0258. The van der Waals surface area contributed by atoms with E-state index in [2.05, 4.69) is 18.7 Å². The molecule has 0 atom stereocenters. The molecule has 0 aliphatic carbocycles. The molecule has 0 spiro atoms. The standard InChI is InChI=1S/C10H25NO3Si/c1-10(2,14-15)6-5-7-11(8-12-3)9-13-4/h5-9H2,1-4,15H3. The molecule has 0 aliphatic rings. The van der Waals surface area contributed by atoms with E-state index in [0.29, 0.717) is 13.5 Å². The van der Waals surface area contributed by atoms with Crippen molar-refractivity contribution in [1.29, 1.82) is 0 Å². The molecule has 0 aliphatic heterocycles. The lowest BCUT2D eigenvalue weighted by atomic mass is 10.0. The molecule has 0 saturated heterocycles. The Morgan fingerprint density at radius 3 is 2.07 bits per heavy atom. The first-order valence-electron chi connectivity index (χ1n) is 5.31. The topological polar surface area (TPSA) is 30.9 Å². The van der Waals surface area contributed by atoms with Crippen molar-refractivity contribution in [3.63, 3.8) is 0 Å². The van der Waals surface area contributed by atoms with E-state index in [1.54, 1.807) is 14.2 Å². The molecule has 4 nitrogen and oxygen atoms in total. The van der Waals surface area contributed by atoms with Gasteiger partial charge in [0.05, 0.1) is 0 Å². The van der Waals surface area contributed by atoms with Crippen molar-refractivity contribution in [1.82, 2.24) is 4.90 Å². The van der Waals surface area contributed by atoms with Crippen molar-refractivity contribution in [3.8, 4) is 0 Å². The Morgan fingerprint density at radius 1 is 1.13 bits per heavy atom. The summed E-state index contributed by atoms with van der Waals surface area (Å²) in [6.07, 6.45) is 2.17. The smallest absolute Gasteiger partial charge is 0.146 e. The molecule has 0 rings (SSSR count). The molecule has 0 aromatic carbocycles. The molecule has 0 aromatic heterocycles. The third-order valence-electron chi connectivity index (χ3n) is 2.43. The Hall–Kier alpha value is 0.0569.